The van der Waals surface area contributed by atoms with Gasteiger partial charge in [-0.1, -0.05) is 96.8 Å². The van der Waals surface area contributed by atoms with Gasteiger partial charge in [0, 0.05) is 0 Å². The minimum Gasteiger partial charge on any atom is -0.204 e. The smallest absolute Gasteiger partial charge is 0.194 e. The fraction of sp³-hybridized carbons (Fsp3) is 0.778. The van der Waals surface area contributed by atoms with Crippen LogP contribution in [0.15, 0.2) is 12.1 Å². The second-order valence-electron chi connectivity index (χ2n) is 10.3. The Labute approximate surface area is 182 Å². The standard InChI is InChI=1S/C27H41F3/c1-2-3-4-5-20-6-8-21(9-7-20)10-11-22-12-14-23(15-13-22)16-17-24-18-25(28)27(30)26(29)19-24/h18-23H,2-17H2,1H3/t20-,21-,22?,23?. The molecule has 3 rings (SSSR count). The van der Waals surface area contributed by atoms with Crippen LogP contribution < -0.4 is 0 Å². The third-order valence-electron chi connectivity index (χ3n) is 8.02. The molecule has 0 nitrogen and oxygen atoms in total. The molecule has 30 heavy (non-hydrogen) atoms. The molecule has 2 fully saturated rings. The van der Waals surface area contributed by atoms with E-state index in [4.69, 9.17) is 0 Å². The number of hydrogen-bond donors (Lipinski definition) is 0. The number of unbranched alkanes of at least 4 members (excludes halogenated alkanes) is 2. The highest BCUT2D eigenvalue weighted by atomic mass is 19.2. The number of hydrogen-bond acceptors (Lipinski definition) is 0. The molecule has 2 aliphatic rings. The van der Waals surface area contributed by atoms with Gasteiger partial charge in [-0.25, -0.2) is 13.2 Å². The van der Waals surface area contributed by atoms with Crippen molar-refractivity contribution in [3.8, 4) is 0 Å². The largest absolute Gasteiger partial charge is 0.204 e. The number of aryl methyl sites for hydroxylation is 1. The van der Waals surface area contributed by atoms with E-state index in [-0.39, 0.29) is 0 Å². The van der Waals surface area contributed by atoms with Crippen LogP contribution in [-0.4, -0.2) is 0 Å². The maximum Gasteiger partial charge on any atom is 0.194 e. The molecule has 0 amide bonds. The van der Waals surface area contributed by atoms with E-state index in [1.165, 1.54) is 89.9 Å². The van der Waals surface area contributed by atoms with E-state index in [1.807, 2.05) is 0 Å². The van der Waals surface area contributed by atoms with Crippen molar-refractivity contribution in [2.75, 3.05) is 0 Å². The summed E-state index contributed by atoms with van der Waals surface area (Å²) in [7, 11) is 0. The summed E-state index contributed by atoms with van der Waals surface area (Å²) in [6.45, 7) is 2.29. The maximum absolute atomic E-state index is 13.4. The summed E-state index contributed by atoms with van der Waals surface area (Å²) >= 11 is 0. The quantitative estimate of drug-likeness (QED) is 0.261. The molecular formula is C27H41F3. The van der Waals surface area contributed by atoms with E-state index in [0.29, 0.717) is 17.9 Å². The molecule has 0 saturated heterocycles. The summed E-state index contributed by atoms with van der Waals surface area (Å²) in [5.74, 6) is 0.0107. The number of halogens is 3. The Bertz CT molecular complexity index is 602. The van der Waals surface area contributed by atoms with Gasteiger partial charge in [0.25, 0.3) is 0 Å². The number of rotatable bonds is 10. The van der Waals surface area contributed by atoms with Crippen LogP contribution in [0.1, 0.15) is 109 Å². The van der Waals surface area contributed by atoms with Gasteiger partial charge in [-0.3, -0.25) is 0 Å². The van der Waals surface area contributed by atoms with Crippen molar-refractivity contribution < 1.29 is 13.2 Å². The summed E-state index contributed by atoms with van der Waals surface area (Å²) in [5.41, 5.74) is 0.582. The molecule has 0 aliphatic heterocycles. The van der Waals surface area contributed by atoms with Crippen LogP contribution in [0.5, 0.6) is 0 Å². The van der Waals surface area contributed by atoms with Gasteiger partial charge in [0.15, 0.2) is 17.5 Å². The van der Waals surface area contributed by atoms with Crippen molar-refractivity contribution in [2.45, 2.75) is 110 Å². The first kappa shape index (κ1) is 23.7. The molecule has 1 aromatic carbocycles. The van der Waals surface area contributed by atoms with Gasteiger partial charge in [-0.05, 0) is 54.2 Å². The van der Waals surface area contributed by atoms with E-state index in [9.17, 15) is 13.2 Å². The molecule has 0 aromatic heterocycles. The monoisotopic (exact) mass is 422 g/mol. The third kappa shape index (κ3) is 7.31. The lowest BCUT2D eigenvalue weighted by Crippen LogP contribution is -2.18. The molecule has 170 valence electrons. The minimum atomic E-state index is -1.36. The Morgan fingerprint density at radius 3 is 1.53 bits per heavy atom. The second-order valence-corrected chi connectivity index (χ2v) is 10.3. The SMILES string of the molecule is CCCCC[C@H]1CC[C@H](CCC2CCC(CCc3cc(F)c(F)c(F)c3)CC2)CC1. The van der Waals surface area contributed by atoms with Gasteiger partial charge in [0.1, 0.15) is 0 Å². The van der Waals surface area contributed by atoms with E-state index in [2.05, 4.69) is 6.92 Å². The lowest BCUT2D eigenvalue weighted by Gasteiger charge is -2.32. The van der Waals surface area contributed by atoms with Crippen LogP contribution in [-0.2, 0) is 6.42 Å². The van der Waals surface area contributed by atoms with Gasteiger partial charge in [0.2, 0.25) is 0 Å². The highest BCUT2D eigenvalue weighted by Gasteiger charge is 2.25. The first-order valence-electron chi connectivity index (χ1n) is 12.7. The lowest BCUT2D eigenvalue weighted by atomic mass is 9.74. The van der Waals surface area contributed by atoms with Crippen molar-refractivity contribution in [1.29, 1.82) is 0 Å². The van der Waals surface area contributed by atoms with Crippen LogP contribution in [0.4, 0.5) is 13.2 Å². The van der Waals surface area contributed by atoms with E-state index in [1.54, 1.807) is 0 Å². The molecule has 2 aliphatic carbocycles. The summed E-state index contributed by atoms with van der Waals surface area (Å²) in [6.07, 6.45) is 21.0. The summed E-state index contributed by atoms with van der Waals surface area (Å²) in [5, 5.41) is 0. The predicted molar refractivity (Wildman–Crippen MR) is 119 cm³/mol. The number of benzene rings is 1. The van der Waals surface area contributed by atoms with Crippen molar-refractivity contribution in [1.82, 2.24) is 0 Å². The molecule has 0 atom stereocenters. The molecule has 0 heterocycles. The fourth-order valence-corrected chi connectivity index (χ4v) is 5.90. The Balaban J connectivity index is 1.28. The molecule has 0 N–H and O–H groups in total. The molecule has 3 heteroatoms. The van der Waals surface area contributed by atoms with Gasteiger partial charge in [-0.15, -0.1) is 0 Å². The van der Waals surface area contributed by atoms with Gasteiger partial charge in [0.05, 0.1) is 0 Å². The predicted octanol–water partition coefficient (Wildman–Crippen LogP) is 9.01. The third-order valence-corrected chi connectivity index (χ3v) is 8.02. The molecule has 1 aromatic rings. The van der Waals surface area contributed by atoms with Crippen LogP contribution >= 0.6 is 0 Å². The van der Waals surface area contributed by atoms with Gasteiger partial charge >= 0.3 is 0 Å². The Kier molecular flexibility index (Phi) is 9.59. The van der Waals surface area contributed by atoms with Crippen LogP contribution in [0, 0.1) is 41.1 Å². The van der Waals surface area contributed by atoms with Crippen molar-refractivity contribution in [3.63, 3.8) is 0 Å². The average Bonchev–Trinajstić information content (AvgIpc) is 2.76. The zero-order valence-corrected chi connectivity index (χ0v) is 18.9. The van der Waals surface area contributed by atoms with Gasteiger partial charge < -0.3 is 0 Å². The minimum absolute atomic E-state index is 0.582. The summed E-state index contributed by atoms with van der Waals surface area (Å²) in [4.78, 5) is 0. The fourth-order valence-electron chi connectivity index (χ4n) is 5.90. The molecule has 0 unspecified atom stereocenters. The molecule has 0 bridgehead atoms. The van der Waals surface area contributed by atoms with Crippen LogP contribution in [0.3, 0.4) is 0 Å². The lowest BCUT2D eigenvalue weighted by molar-refractivity contribution is 0.208. The normalized spacial score (nSPS) is 27.3. The first-order valence-corrected chi connectivity index (χ1v) is 12.7. The molecule has 0 spiro atoms. The summed E-state index contributed by atoms with van der Waals surface area (Å²) < 4.78 is 39.8. The first-order chi connectivity index (χ1) is 14.5. The van der Waals surface area contributed by atoms with Crippen LogP contribution in [0.2, 0.25) is 0 Å². The Morgan fingerprint density at radius 2 is 1.07 bits per heavy atom. The highest BCUT2D eigenvalue weighted by molar-refractivity contribution is 5.19. The Morgan fingerprint density at radius 1 is 0.633 bits per heavy atom. The van der Waals surface area contributed by atoms with Crippen molar-refractivity contribution in [2.24, 2.45) is 23.7 Å². The van der Waals surface area contributed by atoms with E-state index >= 15 is 0 Å². The van der Waals surface area contributed by atoms with Gasteiger partial charge in [-0.2, -0.15) is 0 Å². The average molecular weight is 423 g/mol. The molecular weight excluding hydrogens is 381 g/mol. The van der Waals surface area contributed by atoms with Crippen molar-refractivity contribution >= 4 is 0 Å². The second kappa shape index (κ2) is 12.2. The Hall–Kier alpha value is -0.990. The highest BCUT2D eigenvalue weighted by Crippen LogP contribution is 2.38. The van der Waals surface area contributed by atoms with Crippen molar-refractivity contribution in [3.05, 3.63) is 35.1 Å². The van der Waals surface area contributed by atoms with E-state index in [0.717, 1.165) is 36.3 Å². The van der Waals surface area contributed by atoms with Crippen LogP contribution in [0.25, 0.3) is 0 Å². The summed E-state index contributed by atoms with van der Waals surface area (Å²) in [6, 6.07) is 2.31. The maximum atomic E-state index is 13.4. The van der Waals surface area contributed by atoms with E-state index < -0.39 is 17.5 Å². The molecule has 0 radical (unpaired) electrons. The topological polar surface area (TPSA) is 0 Å². The zero-order valence-electron chi connectivity index (χ0n) is 18.9. The molecule has 2 saturated carbocycles. The zero-order chi connectivity index (χ0) is 21.3.